The summed E-state index contributed by atoms with van der Waals surface area (Å²) < 4.78 is 28.8. The largest absolute Gasteiger partial charge is 0.325 e. The Morgan fingerprint density at radius 3 is 2.25 bits per heavy atom. The van der Waals surface area contributed by atoms with Gasteiger partial charge in [0.2, 0.25) is 0 Å². The monoisotopic (exact) mass is 538 g/mol. The van der Waals surface area contributed by atoms with E-state index in [1.54, 1.807) is 0 Å². The van der Waals surface area contributed by atoms with Crippen LogP contribution in [0.1, 0.15) is 12.0 Å². The average Bonchev–Trinajstić information content (AvgIpc) is 3.25. The van der Waals surface area contributed by atoms with E-state index in [9.17, 15) is 18.4 Å². The Labute approximate surface area is 231 Å². The molecule has 6 rings (SSSR count). The minimum Gasteiger partial charge on any atom is -0.325 e. The second kappa shape index (κ2) is 10.5. The van der Waals surface area contributed by atoms with Crippen LogP contribution in [0.5, 0.6) is 0 Å². The molecule has 0 aliphatic carbocycles. The lowest BCUT2D eigenvalue weighted by atomic mass is 10.0. The summed E-state index contributed by atoms with van der Waals surface area (Å²) in [6.07, 6.45) is 0.111. The van der Waals surface area contributed by atoms with Gasteiger partial charge >= 0.3 is 0 Å². The van der Waals surface area contributed by atoms with Gasteiger partial charge in [-0.2, -0.15) is 0 Å². The number of carbonyl (C=O) groups is 2. The third-order valence-electron chi connectivity index (χ3n) is 7.43. The number of para-hydroxylation sites is 1. The van der Waals surface area contributed by atoms with E-state index in [0.29, 0.717) is 25.5 Å². The Balaban J connectivity index is 1.40. The number of nitrogens with one attached hydrogen (secondary N) is 1. The molecule has 0 saturated heterocycles. The van der Waals surface area contributed by atoms with Crippen LogP contribution in [0.3, 0.4) is 0 Å². The lowest BCUT2D eigenvalue weighted by Gasteiger charge is -2.32. The summed E-state index contributed by atoms with van der Waals surface area (Å²) in [4.78, 5) is 33.0. The van der Waals surface area contributed by atoms with Crippen molar-refractivity contribution in [3.05, 3.63) is 114 Å². The van der Waals surface area contributed by atoms with Crippen LogP contribution in [0, 0.1) is 11.6 Å². The number of benzene rings is 4. The van der Waals surface area contributed by atoms with Crippen LogP contribution in [-0.2, 0) is 16.1 Å². The smallest absolute Gasteiger partial charge is 0.263 e. The third-order valence-corrected chi connectivity index (χ3v) is 7.43. The highest BCUT2D eigenvalue weighted by Crippen LogP contribution is 2.46. The average molecular weight is 539 g/mol. The molecule has 0 spiro atoms. The molecule has 4 aromatic rings. The molecule has 2 heterocycles. The Morgan fingerprint density at radius 2 is 1.55 bits per heavy atom. The van der Waals surface area contributed by atoms with E-state index in [1.807, 2.05) is 59.3 Å². The van der Waals surface area contributed by atoms with Gasteiger partial charge in [0.1, 0.15) is 28.7 Å². The molecule has 8 heteroatoms. The molecule has 2 aliphatic rings. The normalized spacial score (nSPS) is 14.7. The topological polar surface area (TPSA) is 55.9 Å². The Hall–Kier alpha value is -4.56. The summed E-state index contributed by atoms with van der Waals surface area (Å²) in [5.74, 6) is -2.54. The molecule has 2 aliphatic heterocycles. The van der Waals surface area contributed by atoms with Crippen molar-refractivity contribution in [1.29, 1.82) is 0 Å². The number of anilines is 3. The van der Waals surface area contributed by atoms with Crippen LogP contribution in [0.2, 0.25) is 0 Å². The number of halogens is 2. The van der Waals surface area contributed by atoms with Crippen LogP contribution < -0.4 is 15.1 Å². The van der Waals surface area contributed by atoms with Crippen molar-refractivity contribution >= 4 is 39.5 Å². The lowest BCUT2D eigenvalue weighted by Crippen LogP contribution is -2.42. The molecule has 6 nitrogen and oxygen atoms in total. The van der Waals surface area contributed by atoms with E-state index in [4.69, 9.17) is 0 Å². The highest BCUT2D eigenvalue weighted by Gasteiger charge is 2.41. The summed E-state index contributed by atoms with van der Waals surface area (Å²) >= 11 is 0. The van der Waals surface area contributed by atoms with E-state index >= 15 is 0 Å². The quantitative estimate of drug-likeness (QED) is 0.306. The minimum atomic E-state index is -0.903. The zero-order valence-electron chi connectivity index (χ0n) is 22.0. The van der Waals surface area contributed by atoms with Crippen molar-refractivity contribution in [3.8, 4) is 0 Å². The molecule has 1 N–H and O–H groups in total. The fourth-order valence-electron chi connectivity index (χ4n) is 5.47. The van der Waals surface area contributed by atoms with E-state index < -0.39 is 23.2 Å². The molecule has 1 amide bonds. The van der Waals surface area contributed by atoms with Crippen molar-refractivity contribution in [2.75, 3.05) is 41.8 Å². The van der Waals surface area contributed by atoms with Crippen LogP contribution in [0.15, 0.2) is 96.3 Å². The Morgan fingerprint density at radius 1 is 0.900 bits per heavy atom. The van der Waals surface area contributed by atoms with Gasteiger partial charge in [-0.15, -0.1) is 0 Å². The van der Waals surface area contributed by atoms with Crippen molar-refractivity contribution in [3.63, 3.8) is 0 Å². The van der Waals surface area contributed by atoms with Crippen molar-refractivity contribution in [2.24, 2.45) is 0 Å². The van der Waals surface area contributed by atoms with Crippen LogP contribution in [0.4, 0.5) is 25.8 Å². The number of hydrogen-bond donors (Lipinski definition) is 1. The summed E-state index contributed by atoms with van der Waals surface area (Å²) in [6, 6.07) is 25.6. The number of fused-ring (bicyclic) bond motifs is 4. The molecule has 0 fully saturated rings. The first kappa shape index (κ1) is 25.7. The molecular formula is C32H28F2N4O2. The highest BCUT2D eigenvalue weighted by atomic mass is 19.1. The highest BCUT2D eigenvalue weighted by molar-refractivity contribution is 6.26. The van der Waals surface area contributed by atoms with Gasteiger partial charge in [0.15, 0.2) is 5.78 Å². The Bertz CT molecular complexity index is 1630. The fraction of sp³-hybridized carbons (Fsp3) is 0.188. The zero-order valence-corrected chi connectivity index (χ0v) is 22.0. The predicted molar refractivity (Wildman–Crippen MR) is 153 cm³/mol. The van der Waals surface area contributed by atoms with Crippen LogP contribution >= 0.6 is 0 Å². The van der Waals surface area contributed by atoms with Gasteiger partial charge in [0, 0.05) is 32.6 Å². The third kappa shape index (κ3) is 4.71. The second-order valence-electron chi connectivity index (χ2n) is 10.1. The molecule has 0 atom stereocenters. The summed E-state index contributed by atoms with van der Waals surface area (Å²) in [5, 5.41) is 4.42. The second-order valence-corrected chi connectivity index (χ2v) is 10.1. The maximum Gasteiger partial charge on any atom is 0.263 e. The van der Waals surface area contributed by atoms with Crippen molar-refractivity contribution in [1.82, 2.24) is 4.90 Å². The van der Waals surface area contributed by atoms with Crippen LogP contribution in [-0.4, -0.2) is 43.3 Å². The van der Waals surface area contributed by atoms with Gasteiger partial charge in [0.05, 0.1) is 11.4 Å². The van der Waals surface area contributed by atoms with Gasteiger partial charge in [-0.25, -0.2) is 8.78 Å². The first-order valence-electron chi connectivity index (χ1n) is 13.2. The van der Waals surface area contributed by atoms with Gasteiger partial charge in [0.25, 0.3) is 5.91 Å². The van der Waals surface area contributed by atoms with Crippen molar-refractivity contribution < 1.29 is 18.4 Å². The number of likely N-dealkylation sites (N-methyl/N-ethyl adjacent to an activating group) is 1. The zero-order chi connectivity index (χ0) is 27.8. The molecule has 0 radical (unpaired) electrons. The number of ketones is 1. The standard InChI is InChI=1S/C32H28F2N4O2/c1-36(20-21-8-3-2-4-9-21)16-17-38-27-19-23-11-6-5-10-22(23)18-26(27)37-15-14-28(39)29(32(37)38)31(40)35-30-24(33)12-7-13-25(30)34/h2-13,18-19H,14-17,20H2,1H3,(H,35,40). The van der Waals surface area contributed by atoms with Gasteiger partial charge in [-0.3, -0.25) is 9.59 Å². The lowest BCUT2D eigenvalue weighted by molar-refractivity contribution is -0.120. The molecular weight excluding hydrogens is 510 g/mol. The fourth-order valence-corrected chi connectivity index (χ4v) is 5.47. The van der Waals surface area contributed by atoms with Gasteiger partial charge in [-0.05, 0) is 47.6 Å². The number of nitrogens with zero attached hydrogens (tertiary/aromatic N) is 3. The van der Waals surface area contributed by atoms with Gasteiger partial charge < -0.3 is 20.0 Å². The van der Waals surface area contributed by atoms with Crippen LogP contribution in [0.25, 0.3) is 10.8 Å². The number of carbonyl (C=O) groups excluding carboxylic acids is 2. The Kier molecular flexibility index (Phi) is 6.77. The number of rotatable bonds is 7. The summed E-state index contributed by atoms with van der Waals surface area (Å²) in [6.45, 7) is 2.28. The first-order valence-corrected chi connectivity index (χ1v) is 13.2. The van der Waals surface area contributed by atoms with Crippen molar-refractivity contribution in [2.45, 2.75) is 13.0 Å². The number of amides is 1. The maximum atomic E-state index is 14.4. The summed E-state index contributed by atoms with van der Waals surface area (Å²) in [7, 11) is 2.02. The number of Topliss-reactive ketones (excluding diaryl/α,β-unsaturated/α-hetero) is 1. The molecule has 0 aromatic heterocycles. The molecule has 202 valence electrons. The van der Waals surface area contributed by atoms with E-state index in [1.165, 1.54) is 11.6 Å². The predicted octanol–water partition coefficient (Wildman–Crippen LogP) is 5.70. The molecule has 0 saturated carbocycles. The van der Waals surface area contributed by atoms with E-state index in [0.717, 1.165) is 40.8 Å². The van der Waals surface area contributed by atoms with Gasteiger partial charge in [-0.1, -0.05) is 60.7 Å². The summed E-state index contributed by atoms with van der Waals surface area (Å²) in [5.41, 5.74) is 2.30. The van der Waals surface area contributed by atoms with E-state index in [-0.39, 0.29) is 17.8 Å². The number of hydrogen-bond acceptors (Lipinski definition) is 5. The SMILES string of the molecule is CN(CCN1C2=C(C(=O)Nc3c(F)cccc3F)C(=O)CCN2c2cc3ccccc3cc21)Cc1ccccc1. The molecule has 40 heavy (non-hydrogen) atoms. The van der Waals surface area contributed by atoms with E-state index in [2.05, 4.69) is 34.5 Å². The minimum absolute atomic E-state index is 0.0973. The molecule has 4 aromatic carbocycles. The maximum absolute atomic E-state index is 14.4. The molecule has 0 bridgehead atoms. The first-order chi connectivity index (χ1) is 19.4. The molecule has 0 unspecified atom stereocenters.